The third kappa shape index (κ3) is 3.76. The van der Waals surface area contributed by atoms with Crippen molar-refractivity contribution in [3.05, 3.63) is 59.2 Å². The van der Waals surface area contributed by atoms with Gasteiger partial charge < -0.3 is 14.2 Å². The van der Waals surface area contributed by atoms with Crippen molar-refractivity contribution >= 4 is 0 Å². The summed E-state index contributed by atoms with van der Waals surface area (Å²) in [6.45, 7) is 7.40. The van der Waals surface area contributed by atoms with Crippen LogP contribution in [0.25, 0.3) is 0 Å². The second-order valence-corrected chi connectivity index (χ2v) is 8.70. The van der Waals surface area contributed by atoms with Crippen molar-refractivity contribution in [2.45, 2.75) is 44.6 Å². The number of ether oxygens (including phenoxy) is 3. The summed E-state index contributed by atoms with van der Waals surface area (Å²) < 4.78 is 16.3. The van der Waals surface area contributed by atoms with Crippen LogP contribution in [0.2, 0.25) is 0 Å². The summed E-state index contributed by atoms with van der Waals surface area (Å²) >= 11 is 0. The van der Waals surface area contributed by atoms with E-state index in [4.69, 9.17) is 14.2 Å². The molecule has 0 amide bonds. The summed E-state index contributed by atoms with van der Waals surface area (Å²) in [4.78, 5) is 2.71. The molecule has 1 aliphatic carbocycles. The fourth-order valence-electron chi connectivity index (χ4n) is 5.35. The maximum atomic E-state index is 5.73. The first-order valence-corrected chi connectivity index (χ1v) is 10.7. The van der Waals surface area contributed by atoms with Gasteiger partial charge in [0.05, 0.1) is 7.11 Å². The first kappa shape index (κ1) is 20.2. The van der Waals surface area contributed by atoms with Crippen LogP contribution in [0.1, 0.15) is 37.0 Å². The van der Waals surface area contributed by atoms with Crippen LogP contribution in [-0.2, 0) is 23.0 Å². The van der Waals surface area contributed by atoms with Crippen LogP contribution in [0.5, 0.6) is 11.5 Å². The normalized spacial score (nSPS) is 26.1. The van der Waals surface area contributed by atoms with Gasteiger partial charge in [-0.2, -0.15) is 0 Å². The molecule has 3 unspecified atom stereocenters. The fraction of sp³-hybridized carbons (Fsp3) is 0.520. The highest BCUT2D eigenvalue weighted by Gasteiger charge is 2.48. The highest BCUT2D eigenvalue weighted by Crippen LogP contribution is 2.49. The summed E-state index contributed by atoms with van der Waals surface area (Å²) in [5.74, 6) is 2.52. The van der Waals surface area contributed by atoms with Crippen molar-refractivity contribution < 1.29 is 14.2 Å². The van der Waals surface area contributed by atoms with Gasteiger partial charge in [0.2, 0.25) is 0 Å². The maximum Gasteiger partial charge on any atom is 0.188 e. The van der Waals surface area contributed by atoms with Crippen LogP contribution >= 0.6 is 0 Å². The highest BCUT2D eigenvalue weighted by atomic mass is 16.7. The van der Waals surface area contributed by atoms with Gasteiger partial charge in [-0.15, -0.1) is 0 Å². The minimum Gasteiger partial charge on any atom is -0.496 e. The van der Waals surface area contributed by atoms with Gasteiger partial charge in [0.25, 0.3) is 0 Å². The molecule has 0 saturated carbocycles. The number of likely N-dealkylation sites (tertiary alicyclic amines) is 1. The highest BCUT2D eigenvalue weighted by molar-refractivity contribution is 5.44. The van der Waals surface area contributed by atoms with Crippen molar-refractivity contribution in [2.75, 3.05) is 34.1 Å². The van der Waals surface area contributed by atoms with E-state index in [1.807, 2.05) is 6.07 Å². The molecule has 2 aromatic rings. The van der Waals surface area contributed by atoms with Crippen LogP contribution < -0.4 is 9.47 Å². The van der Waals surface area contributed by atoms with Crippen molar-refractivity contribution in [3.8, 4) is 11.5 Å². The molecule has 29 heavy (non-hydrogen) atoms. The number of hydrogen-bond donors (Lipinski definition) is 0. The van der Waals surface area contributed by atoms with Gasteiger partial charge in [-0.25, -0.2) is 0 Å². The van der Waals surface area contributed by atoms with E-state index in [2.05, 4.69) is 55.1 Å². The predicted octanol–water partition coefficient (Wildman–Crippen LogP) is 4.44. The number of rotatable bonds is 7. The summed E-state index contributed by atoms with van der Waals surface area (Å²) in [7, 11) is 3.42. The van der Waals surface area contributed by atoms with Gasteiger partial charge in [-0.1, -0.05) is 38.1 Å². The third-order valence-electron chi connectivity index (χ3n) is 7.30. The molecule has 2 aliphatic rings. The van der Waals surface area contributed by atoms with E-state index < -0.39 is 0 Å². The number of methoxy groups -OCH3 is 2. The number of piperidine rings is 1. The topological polar surface area (TPSA) is 30.9 Å². The summed E-state index contributed by atoms with van der Waals surface area (Å²) in [5.41, 5.74) is 4.44. The number of para-hydroxylation sites is 1. The van der Waals surface area contributed by atoms with Gasteiger partial charge in [-0.3, -0.25) is 4.90 Å². The van der Waals surface area contributed by atoms with Gasteiger partial charge >= 0.3 is 0 Å². The molecule has 2 aromatic carbocycles. The summed E-state index contributed by atoms with van der Waals surface area (Å²) in [6, 6.07) is 15.6. The van der Waals surface area contributed by atoms with Crippen LogP contribution in [0.15, 0.2) is 42.5 Å². The van der Waals surface area contributed by atoms with E-state index in [1.165, 1.54) is 23.1 Å². The summed E-state index contributed by atoms with van der Waals surface area (Å²) in [6.07, 6.45) is 3.32. The van der Waals surface area contributed by atoms with Crippen LogP contribution in [0.3, 0.4) is 0 Å². The zero-order valence-corrected chi connectivity index (χ0v) is 18.1. The van der Waals surface area contributed by atoms with Gasteiger partial charge in [0.15, 0.2) is 6.79 Å². The molecule has 1 fully saturated rings. The van der Waals surface area contributed by atoms with Crippen molar-refractivity contribution in [3.63, 3.8) is 0 Å². The molecule has 4 heteroatoms. The Morgan fingerprint density at radius 3 is 2.76 bits per heavy atom. The molecule has 0 spiro atoms. The number of benzene rings is 2. The molecule has 1 aliphatic heterocycles. The molecule has 0 N–H and O–H groups in total. The van der Waals surface area contributed by atoms with Crippen LogP contribution in [0.4, 0.5) is 0 Å². The zero-order chi connectivity index (χ0) is 20.4. The second-order valence-electron chi connectivity index (χ2n) is 8.70. The molecule has 1 saturated heterocycles. The quantitative estimate of drug-likeness (QED) is 0.649. The molecule has 156 valence electrons. The van der Waals surface area contributed by atoms with Crippen LogP contribution in [0, 0.1) is 5.92 Å². The van der Waals surface area contributed by atoms with E-state index >= 15 is 0 Å². The molecule has 3 atom stereocenters. The van der Waals surface area contributed by atoms with E-state index in [1.54, 1.807) is 14.2 Å². The molecule has 4 rings (SSSR count). The Kier molecular flexibility index (Phi) is 5.84. The Balaban J connectivity index is 1.53. The maximum absolute atomic E-state index is 5.73. The minimum atomic E-state index is 0.200. The first-order valence-electron chi connectivity index (χ1n) is 10.7. The molecule has 0 aromatic heterocycles. The second kappa shape index (κ2) is 8.37. The molecule has 2 bridgehead atoms. The fourth-order valence-corrected chi connectivity index (χ4v) is 5.35. The average Bonchev–Trinajstić information content (AvgIpc) is 2.74. The number of nitrogens with zero attached hydrogens (tertiary/aromatic N) is 1. The lowest BCUT2D eigenvalue weighted by Crippen LogP contribution is -2.58. The molecular weight excluding hydrogens is 362 g/mol. The molecular formula is C25H33NO3. The van der Waals surface area contributed by atoms with Gasteiger partial charge in [-0.05, 0) is 72.0 Å². The van der Waals surface area contributed by atoms with Crippen molar-refractivity contribution in [1.29, 1.82) is 0 Å². The van der Waals surface area contributed by atoms with E-state index in [9.17, 15) is 0 Å². The lowest BCUT2D eigenvalue weighted by Gasteiger charge is -2.54. The monoisotopic (exact) mass is 395 g/mol. The van der Waals surface area contributed by atoms with Crippen molar-refractivity contribution in [2.24, 2.45) is 5.92 Å². The Hall–Kier alpha value is -2.04. The standard InChI is InChI=1S/C25H33NO3/c1-18-23-15-20-9-10-21(29-17-27-3)16-22(20)25(18,2)12-14-26(23)13-11-19-7-5-6-8-24(19)28-4/h5-10,16,18,23H,11-15,17H2,1-4H3. The predicted molar refractivity (Wildman–Crippen MR) is 116 cm³/mol. The molecule has 1 heterocycles. The third-order valence-corrected chi connectivity index (χ3v) is 7.30. The smallest absolute Gasteiger partial charge is 0.188 e. The minimum absolute atomic E-state index is 0.200. The van der Waals surface area contributed by atoms with Crippen molar-refractivity contribution in [1.82, 2.24) is 4.90 Å². The van der Waals surface area contributed by atoms with Gasteiger partial charge in [0.1, 0.15) is 11.5 Å². The Bertz CT molecular complexity index is 852. The van der Waals surface area contributed by atoms with E-state index in [0.717, 1.165) is 37.4 Å². The molecule has 4 nitrogen and oxygen atoms in total. The Morgan fingerprint density at radius 2 is 1.97 bits per heavy atom. The van der Waals surface area contributed by atoms with Gasteiger partial charge in [0, 0.05) is 19.7 Å². The largest absolute Gasteiger partial charge is 0.496 e. The Labute approximate surface area is 174 Å². The average molecular weight is 396 g/mol. The van der Waals surface area contributed by atoms with E-state index in [0.29, 0.717) is 18.8 Å². The zero-order valence-electron chi connectivity index (χ0n) is 18.1. The van der Waals surface area contributed by atoms with E-state index in [-0.39, 0.29) is 5.41 Å². The first-order chi connectivity index (χ1) is 14.1. The summed E-state index contributed by atoms with van der Waals surface area (Å²) in [5, 5.41) is 0. The lowest BCUT2D eigenvalue weighted by molar-refractivity contribution is 0.0310. The molecule has 0 radical (unpaired) electrons. The van der Waals surface area contributed by atoms with Crippen LogP contribution in [-0.4, -0.2) is 45.0 Å². The number of fused-ring (bicyclic) bond motifs is 4. The SMILES string of the molecule is COCOc1ccc2c(c1)C1(C)CCN(CCc3ccccc3OC)C(C2)C1C. The lowest BCUT2D eigenvalue weighted by atomic mass is 9.59. The Morgan fingerprint density at radius 1 is 1.14 bits per heavy atom. The number of hydrogen-bond acceptors (Lipinski definition) is 4.